The Bertz CT molecular complexity index is 401. The fourth-order valence-electron chi connectivity index (χ4n) is 1.64. The van der Waals surface area contributed by atoms with Crippen LogP contribution in [0.15, 0.2) is 16.6 Å². The van der Waals surface area contributed by atoms with Crippen molar-refractivity contribution in [2.45, 2.75) is 33.6 Å². The number of carbonyl (C=O) groups excluding carboxylic acids is 1. The lowest BCUT2D eigenvalue weighted by molar-refractivity contribution is 0.0922. The molecule has 0 radical (unpaired) electrons. The van der Waals surface area contributed by atoms with Crippen LogP contribution in [0.4, 0.5) is 4.39 Å². The predicted octanol–water partition coefficient (Wildman–Crippen LogP) is 4.38. The molecule has 0 aromatic heterocycles. The molecule has 0 heterocycles. The van der Waals surface area contributed by atoms with Crippen molar-refractivity contribution in [2.75, 3.05) is 0 Å². The fourth-order valence-corrected chi connectivity index (χ4v) is 2.25. The molecule has 0 aliphatic heterocycles. The van der Waals surface area contributed by atoms with Crippen molar-refractivity contribution < 1.29 is 9.18 Å². The molecule has 1 unspecified atom stereocenters. The number of carbonyl (C=O) groups is 1. The number of Topliss-reactive ketones (excluding diaryl/α,β-unsaturated/α-hetero) is 1. The average molecular weight is 287 g/mol. The number of halogens is 2. The second-order valence-corrected chi connectivity index (χ2v) is 4.76. The van der Waals surface area contributed by atoms with E-state index in [4.69, 9.17) is 0 Å². The Kier molecular flexibility index (Phi) is 4.66. The van der Waals surface area contributed by atoms with Crippen LogP contribution < -0.4 is 0 Å². The Balaban J connectivity index is 3.31. The third kappa shape index (κ3) is 2.51. The molecule has 0 bridgehead atoms. The van der Waals surface area contributed by atoms with Gasteiger partial charge < -0.3 is 0 Å². The van der Waals surface area contributed by atoms with Gasteiger partial charge >= 0.3 is 0 Å². The van der Waals surface area contributed by atoms with E-state index in [0.717, 1.165) is 16.5 Å². The number of rotatable bonds is 4. The van der Waals surface area contributed by atoms with Gasteiger partial charge in [0.1, 0.15) is 5.82 Å². The van der Waals surface area contributed by atoms with Gasteiger partial charge in [-0.2, -0.15) is 0 Å². The van der Waals surface area contributed by atoms with Crippen molar-refractivity contribution >= 4 is 21.7 Å². The summed E-state index contributed by atoms with van der Waals surface area (Å²) in [5.41, 5.74) is 1.02. The molecule has 0 fully saturated rings. The van der Waals surface area contributed by atoms with Crippen LogP contribution in [-0.4, -0.2) is 5.78 Å². The largest absolute Gasteiger partial charge is 0.294 e. The van der Waals surface area contributed by atoms with Crippen LogP contribution in [0.1, 0.15) is 43.1 Å². The van der Waals surface area contributed by atoms with E-state index in [1.165, 1.54) is 6.07 Å². The Morgan fingerprint density at radius 2 is 2.06 bits per heavy atom. The summed E-state index contributed by atoms with van der Waals surface area (Å²) in [4.78, 5) is 12.1. The number of hydrogen-bond donors (Lipinski definition) is 0. The van der Waals surface area contributed by atoms with Gasteiger partial charge in [-0.25, -0.2) is 4.39 Å². The monoisotopic (exact) mass is 286 g/mol. The van der Waals surface area contributed by atoms with Crippen LogP contribution >= 0.6 is 15.9 Å². The maximum Gasteiger partial charge on any atom is 0.168 e. The number of hydrogen-bond acceptors (Lipinski definition) is 1. The van der Waals surface area contributed by atoms with Crippen molar-refractivity contribution in [3.8, 4) is 0 Å². The van der Waals surface area contributed by atoms with E-state index in [-0.39, 0.29) is 17.3 Å². The lowest BCUT2D eigenvalue weighted by atomic mass is 9.92. The molecule has 0 spiro atoms. The van der Waals surface area contributed by atoms with Crippen molar-refractivity contribution in [3.05, 3.63) is 33.5 Å². The Labute approximate surface area is 104 Å². The summed E-state index contributed by atoms with van der Waals surface area (Å²) in [6.45, 7) is 5.69. The predicted molar refractivity (Wildman–Crippen MR) is 67.3 cm³/mol. The van der Waals surface area contributed by atoms with Gasteiger partial charge in [0.2, 0.25) is 0 Å². The Hall–Kier alpha value is -0.700. The van der Waals surface area contributed by atoms with Gasteiger partial charge in [0.05, 0.1) is 5.56 Å². The summed E-state index contributed by atoms with van der Waals surface area (Å²) in [7, 11) is 0. The van der Waals surface area contributed by atoms with Crippen LogP contribution in [0.2, 0.25) is 0 Å². The molecule has 1 nitrogen and oxygen atoms in total. The minimum Gasteiger partial charge on any atom is -0.294 e. The van der Waals surface area contributed by atoms with Gasteiger partial charge in [-0.05, 0) is 30.5 Å². The third-order valence-electron chi connectivity index (χ3n) is 2.86. The molecule has 1 atom stereocenters. The minimum absolute atomic E-state index is 0.0989. The maximum atomic E-state index is 13.7. The first-order valence-corrected chi connectivity index (χ1v) is 6.33. The van der Waals surface area contributed by atoms with Crippen molar-refractivity contribution in [1.82, 2.24) is 0 Å². The zero-order valence-electron chi connectivity index (χ0n) is 9.81. The molecule has 0 aliphatic rings. The molecule has 1 rings (SSSR count). The van der Waals surface area contributed by atoms with Crippen LogP contribution in [0.5, 0.6) is 0 Å². The first-order valence-electron chi connectivity index (χ1n) is 5.53. The summed E-state index contributed by atoms with van der Waals surface area (Å²) in [6, 6.07) is 3.00. The van der Waals surface area contributed by atoms with Gasteiger partial charge in [-0.1, -0.05) is 36.7 Å². The second kappa shape index (κ2) is 5.58. The molecule has 1 aromatic carbocycles. The summed E-state index contributed by atoms with van der Waals surface area (Å²) in [5, 5.41) is 0. The zero-order valence-corrected chi connectivity index (χ0v) is 11.4. The number of benzene rings is 1. The van der Waals surface area contributed by atoms with Crippen LogP contribution in [-0.2, 0) is 6.42 Å². The third-order valence-corrected chi connectivity index (χ3v) is 3.61. The van der Waals surface area contributed by atoms with E-state index < -0.39 is 5.82 Å². The summed E-state index contributed by atoms with van der Waals surface area (Å²) in [6.07, 6.45) is 1.38. The van der Waals surface area contributed by atoms with E-state index in [9.17, 15) is 9.18 Å². The highest BCUT2D eigenvalue weighted by Crippen LogP contribution is 2.26. The average Bonchev–Trinajstić information content (AvgIpc) is 2.29. The molecule has 0 saturated carbocycles. The molecule has 0 amide bonds. The van der Waals surface area contributed by atoms with E-state index in [2.05, 4.69) is 15.9 Å². The molecule has 1 aromatic rings. The van der Waals surface area contributed by atoms with E-state index >= 15 is 0 Å². The molecule has 0 aliphatic carbocycles. The van der Waals surface area contributed by atoms with Crippen LogP contribution in [0.3, 0.4) is 0 Å². The second-order valence-electron chi connectivity index (χ2n) is 3.91. The van der Waals surface area contributed by atoms with E-state index in [1.54, 1.807) is 6.07 Å². The molecule has 16 heavy (non-hydrogen) atoms. The molecular formula is C13H16BrFO. The zero-order chi connectivity index (χ0) is 12.3. The molecular weight excluding hydrogens is 271 g/mol. The summed E-state index contributed by atoms with van der Waals surface area (Å²) in [5.74, 6) is -0.641. The van der Waals surface area contributed by atoms with Crippen molar-refractivity contribution in [3.63, 3.8) is 0 Å². The highest BCUT2D eigenvalue weighted by atomic mass is 79.9. The van der Waals surface area contributed by atoms with E-state index in [1.807, 2.05) is 20.8 Å². The molecule has 3 heteroatoms. The lowest BCUT2D eigenvalue weighted by Crippen LogP contribution is -2.15. The summed E-state index contributed by atoms with van der Waals surface area (Å²) < 4.78 is 14.5. The van der Waals surface area contributed by atoms with Crippen LogP contribution in [0.25, 0.3) is 0 Å². The van der Waals surface area contributed by atoms with Crippen molar-refractivity contribution in [2.24, 2.45) is 5.92 Å². The van der Waals surface area contributed by atoms with Crippen molar-refractivity contribution in [1.29, 1.82) is 0 Å². The first kappa shape index (κ1) is 13.4. The van der Waals surface area contributed by atoms with E-state index in [0.29, 0.717) is 6.42 Å². The Morgan fingerprint density at radius 3 is 2.56 bits per heavy atom. The van der Waals surface area contributed by atoms with Crippen LogP contribution in [0, 0.1) is 11.7 Å². The summed E-state index contributed by atoms with van der Waals surface area (Å²) >= 11 is 3.36. The van der Waals surface area contributed by atoms with Gasteiger partial charge in [-0.15, -0.1) is 0 Å². The lowest BCUT2D eigenvalue weighted by Gasteiger charge is -2.13. The highest BCUT2D eigenvalue weighted by molar-refractivity contribution is 9.10. The normalized spacial score (nSPS) is 12.6. The molecule has 0 N–H and O–H groups in total. The molecule has 0 saturated heterocycles. The standard InChI is InChI=1S/C13H16BrFO/c1-4-8(3)13(16)12-9(5-2)10(14)6-7-11(12)15/h6-8H,4-5H2,1-3H3. The SMILES string of the molecule is CCc1c(Br)ccc(F)c1C(=O)C(C)CC. The number of ketones is 1. The first-order chi connectivity index (χ1) is 7.52. The highest BCUT2D eigenvalue weighted by Gasteiger charge is 2.21. The van der Waals surface area contributed by atoms with Gasteiger partial charge in [0.25, 0.3) is 0 Å². The fraction of sp³-hybridized carbons (Fsp3) is 0.462. The molecule has 88 valence electrons. The maximum absolute atomic E-state index is 13.7. The van der Waals surface area contributed by atoms with Gasteiger partial charge in [0, 0.05) is 10.4 Å². The quantitative estimate of drug-likeness (QED) is 0.751. The topological polar surface area (TPSA) is 17.1 Å². The van der Waals surface area contributed by atoms with Gasteiger partial charge in [-0.3, -0.25) is 4.79 Å². The van der Waals surface area contributed by atoms with Gasteiger partial charge in [0.15, 0.2) is 5.78 Å². The minimum atomic E-state index is -0.412. The Morgan fingerprint density at radius 1 is 1.44 bits per heavy atom. The smallest absolute Gasteiger partial charge is 0.168 e.